The number of nitrogens with zero attached hydrogens (tertiary/aromatic N) is 3. The van der Waals surface area contributed by atoms with E-state index in [2.05, 4.69) is 20.8 Å². The third-order valence-electron chi connectivity index (χ3n) is 4.34. The number of amides is 1. The van der Waals surface area contributed by atoms with E-state index in [1.807, 2.05) is 0 Å². The predicted octanol–water partition coefficient (Wildman–Crippen LogP) is 3.85. The number of non-ortho nitro benzene ring substituents is 1. The minimum absolute atomic E-state index is 0.0263. The quantitative estimate of drug-likeness (QED) is 0.557. The smallest absolute Gasteiger partial charge is 0.270 e. The molecule has 0 N–H and O–H groups in total. The Morgan fingerprint density at radius 3 is 2.62 bits per heavy atom. The molecule has 0 aliphatic carbocycles. The molecule has 1 aliphatic heterocycles. The molecule has 0 aromatic heterocycles. The van der Waals surface area contributed by atoms with Crippen LogP contribution in [0.15, 0.2) is 46.9 Å². The fourth-order valence-corrected chi connectivity index (χ4v) is 3.65. The lowest BCUT2D eigenvalue weighted by Gasteiger charge is -2.24. The molecule has 1 amide bonds. The van der Waals surface area contributed by atoms with Crippen molar-refractivity contribution in [3.05, 3.63) is 68.4 Å². The van der Waals surface area contributed by atoms with Crippen molar-refractivity contribution in [1.82, 2.24) is 4.90 Å². The summed E-state index contributed by atoms with van der Waals surface area (Å²) in [5.41, 5.74) is 1.23. The fourth-order valence-electron chi connectivity index (χ4n) is 3.03. The summed E-state index contributed by atoms with van der Waals surface area (Å²) in [6, 6.07) is 10.4. The summed E-state index contributed by atoms with van der Waals surface area (Å²) >= 11 is 3.40. The lowest BCUT2D eigenvalue weighted by Crippen LogP contribution is -2.35. The number of benzene rings is 2. The largest absolute Gasteiger partial charge is 0.369 e. The Morgan fingerprint density at radius 1 is 1.12 bits per heavy atom. The van der Waals surface area contributed by atoms with Crippen molar-refractivity contribution in [3.8, 4) is 0 Å². The Morgan fingerprint density at radius 2 is 1.92 bits per heavy atom. The topological polar surface area (TPSA) is 66.7 Å². The second kappa shape index (κ2) is 7.82. The van der Waals surface area contributed by atoms with Gasteiger partial charge in [0, 0.05) is 48.3 Å². The van der Waals surface area contributed by atoms with Crippen molar-refractivity contribution in [1.29, 1.82) is 0 Å². The Bertz CT molecular complexity index is 846. The molecular formula is C18H17BrFN3O3. The maximum atomic E-state index is 13.4. The Labute approximate surface area is 158 Å². The van der Waals surface area contributed by atoms with Gasteiger partial charge >= 0.3 is 0 Å². The number of nitro benzene ring substituents is 1. The van der Waals surface area contributed by atoms with E-state index >= 15 is 0 Å². The van der Waals surface area contributed by atoms with Gasteiger partial charge in [-0.15, -0.1) is 0 Å². The fraction of sp³-hybridized carbons (Fsp3) is 0.278. The first-order valence-electron chi connectivity index (χ1n) is 8.19. The second-order valence-corrected chi connectivity index (χ2v) is 6.89. The van der Waals surface area contributed by atoms with Gasteiger partial charge in [0.05, 0.1) is 10.6 Å². The molecule has 0 atom stereocenters. The molecule has 136 valence electrons. The lowest BCUT2D eigenvalue weighted by atomic mass is 10.2. The van der Waals surface area contributed by atoms with E-state index in [0.717, 1.165) is 18.7 Å². The first-order chi connectivity index (χ1) is 12.5. The van der Waals surface area contributed by atoms with Crippen molar-refractivity contribution in [3.63, 3.8) is 0 Å². The summed E-state index contributed by atoms with van der Waals surface area (Å²) < 4.78 is 14.0. The molecule has 1 aliphatic rings. The average Bonchev–Trinajstić information content (AvgIpc) is 2.87. The van der Waals surface area contributed by atoms with E-state index in [9.17, 15) is 19.3 Å². The van der Waals surface area contributed by atoms with Crippen LogP contribution in [0, 0.1) is 15.9 Å². The zero-order valence-electron chi connectivity index (χ0n) is 13.9. The van der Waals surface area contributed by atoms with Crippen LogP contribution in [-0.2, 0) is 0 Å². The highest BCUT2D eigenvalue weighted by molar-refractivity contribution is 9.10. The molecule has 2 aromatic rings. The number of rotatable bonds is 3. The predicted molar refractivity (Wildman–Crippen MR) is 99.9 cm³/mol. The van der Waals surface area contributed by atoms with Gasteiger partial charge in [-0.05, 0) is 46.6 Å². The number of hydrogen-bond acceptors (Lipinski definition) is 4. The van der Waals surface area contributed by atoms with Crippen molar-refractivity contribution in [2.24, 2.45) is 0 Å². The summed E-state index contributed by atoms with van der Waals surface area (Å²) in [6.07, 6.45) is 0.754. The van der Waals surface area contributed by atoms with Crippen LogP contribution in [0.2, 0.25) is 0 Å². The number of nitro groups is 1. The SMILES string of the molecule is O=C(c1cccc(F)c1)N1CCCN(c2ccc([N+](=O)[O-])cc2Br)CC1. The lowest BCUT2D eigenvalue weighted by molar-refractivity contribution is -0.384. The molecule has 0 spiro atoms. The Balaban J connectivity index is 1.72. The van der Waals surface area contributed by atoms with Gasteiger partial charge in [0.15, 0.2) is 0 Å². The Hall–Kier alpha value is -2.48. The van der Waals surface area contributed by atoms with Crippen LogP contribution in [0.5, 0.6) is 0 Å². The van der Waals surface area contributed by atoms with Crippen molar-refractivity contribution in [2.45, 2.75) is 6.42 Å². The first-order valence-corrected chi connectivity index (χ1v) is 8.99. The first kappa shape index (κ1) is 18.3. The number of carbonyl (C=O) groups excluding carboxylic acids is 1. The molecule has 2 aromatic carbocycles. The van der Waals surface area contributed by atoms with Gasteiger partial charge in [-0.25, -0.2) is 4.39 Å². The minimum Gasteiger partial charge on any atom is -0.369 e. The van der Waals surface area contributed by atoms with Gasteiger partial charge in [0.2, 0.25) is 0 Å². The van der Waals surface area contributed by atoms with Gasteiger partial charge in [0.1, 0.15) is 5.82 Å². The van der Waals surface area contributed by atoms with Crippen LogP contribution in [0.4, 0.5) is 15.8 Å². The molecule has 6 nitrogen and oxygen atoms in total. The van der Waals surface area contributed by atoms with Crippen molar-refractivity contribution in [2.75, 3.05) is 31.1 Å². The molecule has 8 heteroatoms. The van der Waals surface area contributed by atoms with Gasteiger partial charge in [0.25, 0.3) is 11.6 Å². The maximum Gasteiger partial charge on any atom is 0.270 e. The van der Waals surface area contributed by atoms with E-state index in [0.29, 0.717) is 29.7 Å². The molecule has 3 rings (SSSR count). The summed E-state index contributed by atoms with van der Waals surface area (Å²) in [6.45, 7) is 2.40. The van der Waals surface area contributed by atoms with Gasteiger partial charge in [-0.1, -0.05) is 6.07 Å². The molecule has 0 unspecified atom stereocenters. The second-order valence-electron chi connectivity index (χ2n) is 6.04. The molecule has 1 saturated heterocycles. The van der Waals surface area contributed by atoms with E-state index in [4.69, 9.17) is 0 Å². The third-order valence-corrected chi connectivity index (χ3v) is 4.97. The summed E-state index contributed by atoms with van der Waals surface area (Å²) in [7, 11) is 0. The number of carbonyl (C=O) groups is 1. The molecule has 26 heavy (non-hydrogen) atoms. The van der Waals surface area contributed by atoms with Crippen LogP contribution >= 0.6 is 15.9 Å². The third kappa shape index (κ3) is 4.01. The van der Waals surface area contributed by atoms with Gasteiger partial charge < -0.3 is 9.80 Å². The van der Waals surface area contributed by atoms with E-state index in [1.54, 1.807) is 17.0 Å². The highest BCUT2D eigenvalue weighted by Gasteiger charge is 2.22. The normalized spacial score (nSPS) is 14.8. The van der Waals surface area contributed by atoms with E-state index in [-0.39, 0.29) is 11.6 Å². The highest BCUT2D eigenvalue weighted by atomic mass is 79.9. The highest BCUT2D eigenvalue weighted by Crippen LogP contribution is 2.31. The van der Waals surface area contributed by atoms with Crippen LogP contribution in [0.1, 0.15) is 16.8 Å². The zero-order chi connectivity index (χ0) is 18.7. The van der Waals surface area contributed by atoms with Crippen LogP contribution in [-0.4, -0.2) is 41.9 Å². The van der Waals surface area contributed by atoms with Crippen LogP contribution in [0.25, 0.3) is 0 Å². The molecule has 0 radical (unpaired) electrons. The standard InChI is InChI=1S/C18H17BrFN3O3/c19-16-12-15(23(25)26)5-6-17(16)21-7-2-8-22(10-9-21)18(24)13-3-1-4-14(20)11-13/h1,3-6,11-12H,2,7-10H2. The number of halogens is 2. The maximum absolute atomic E-state index is 13.4. The molecule has 0 bridgehead atoms. The van der Waals surface area contributed by atoms with Gasteiger partial charge in [-0.2, -0.15) is 0 Å². The van der Waals surface area contributed by atoms with E-state index in [1.165, 1.54) is 30.3 Å². The van der Waals surface area contributed by atoms with Crippen molar-refractivity contribution < 1.29 is 14.1 Å². The summed E-state index contributed by atoms with van der Waals surface area (Å²) in [5, 5.41) is 10.9. The minimum atomic E-state index is -0.434. The van der Waals surface area contributed by atoms with Crippen LogP contribution < -0.4 is 4.90 Å². The van der Waals surface area contributed by atoms with Crippen LogP contribution in [0.3, 0.4) is 0 Å². The zero-order valence-corrected chi connectivity index (χ0v) is 15.5. The monoisotopic (exact) mass is 421 g/mol. The summed E-state index contributed by atoms with van der Waals surface area (Å²) in [4.78, 5) is 26.8. The van der Waals surface area contributed by atoms with Gasteiger partial charge in [-0.3, -0.25) is 14.9 Å². The average molecular weight is 422 g/mol. The molecule has 1 fully saturated rings. The molecule has 0 saturated carbocycles. The number of anilines is 1. The van der Waals surface area contributed by atoms with Crippen molar-refractivity contribution >= 4 is 33.2 Å². The van der Waals surface area contributed by atoms with E-state index < -0.39 is 10.7 Å². The Kier molecular flexibility index (Phi) is 5.51. The summed E-state index contributed by atoms with van der Waals surface area (Å²) in [5.74, 6) is -0.615. The molecular weight excluding hydrogens is 405 g/mol. The molecule has 1 heterocycles. The number of hydrogen-bond donors (Lipinski definition) is 0.